The highest BCUT2D eigenvalue weighted by atomic mass is 16.5. The van der Waals surface area contributed by atoms with E-state index >= 15 is 0 Å². The van der Waals surface area contributed by atoms with Gasteiger partial charge in [-0.25, -0.2) is 5.48 Å². The number of carbonyl (C=O) groups is 2. The van der Waals surface area contributed by atoms with E-state index in [4.69, 9.17) is 10.9 Å². The fourth-order valence-electron chi connectivity index (χ4n) is 3.47. The molecule has 0 saturated heterocycles. The molecule has 1 rings (SSSR count). The summed E-state index contributed by atoms with van der Waals surface area (Å²) in [6.45, 7) is 2.21. The van der Waals surface area contributed by atoms with E-state index in [1.54, 1.807) is 17.6 Å². The third-order valence-electron chi connectivity index (χ3n) is 5.01. The first-order valence-electron chi connectivity index (χ1n) is 10.3. The number of nitrogens with one attached hydrogen (secondary N) is 1. The van der Waals surface area contributed by atoms with E-state index in [1.807, 2.05) is 0 Å². The lowest BCUT2D eigenvalue weighted by molar-refractivity contribution is -0.118. The standard InChI is InChI=1S/C22H33N3O3/c1-2-3-4-5-6-7-8-9-11-17-14-15-19(22(27)25-28)18(20(17)16-23)12-10-13-21(24)26/h14-15,28H,2-13H2,1H3,(H2,24,26)(H,25,27). The maximum atomic E-state index is 12.0. The SMILES string of the molecule is CCCCCCCCCCc1ccc(C(=O)NO)c(CCCC(N)=O)c1C#N. The monoisotopic (exact) mass is 387 g/mol. The molecule has 0 atom stereocenters. The smallest absolute Gasteiger partial charge is 0.274 e. The maximum absolute atomic E-state index is 12.0. The Morgan fingerprint density at radius 3 is 2.25 bits per heavy atom. The molecule has 0 bridgehead atoms. The number of nitrogens with two attached hydrogens (primary N) is 1. The molecule has 0 aliphatic heterocycles. The topological polar surface area (TPSA) is 116 Å². The quantitative estimate of drug-likeness (QED) is 0.252. The van der Waals surface area contributed by atoms with Crippen LogP contribution in [-0.4, -0.2) is 17.0 Å². The van der Waals surface area contributed by atoms with E-state index in [2.05, 4.69) is 13.0 Å². The number of primary amides is 1. The molecule has 0 heterocycles. The third kappa shape index (κ3) is 8.10. The number of aryl methyl sites for hydroxylation is 1. The van der Waals surface area contributed by atoms with Crippen LogP contribution in [0.2, 0.25) is 0 Å². The van der Waals surface area contributed by atoms with Crippen LogP contribution in [-0.2, 0) is 17.6 Å². The fraction of sp³-hybridized carbons (Fsp3) is 0.591. The fourth-order valence-corrected chi connectivity index (χ4v) is 3.47. The van der Waals surface area contributed by atoms with Crippen molar-refractivity contribution in [1.82, 2.24) is 5.48 Å². The molecule has 1 aromatic rings. The van der Waals surface area contributed by atoms with Crippen LogP contribution in [0.5, 0.6) is 0 Å². The van der Waals surface area contributed by atoms with Crippen LogP contribution in [0.25, 0.3) is 0 Å². The van der Waals surface area contributed by atoms with Crippen molar-refractivity contribution in [1.29, 1.82) is 5.26 Å². The molecule has 0 aliphatic carbocycles. The lowest BCUT2D eigenvalue weighted by Crippen LogP contribution is -2.21. The van der Waals surface area contributed by atoms with E-state index < -0.39 is 11.8 Å². The van der Waals surface area contributed by atoms with Gasteiger partial charge in [0, 0.05) is 12.0 Å². The van der Waals surface area contributed by atoms with Gasteiger partial charge in [-0.2, -0.15) is 5.26 Å². The number of nitriles is 1. The predicted molar refractivity (Wildman–Crippen MR) is 109 cm³/mol. The lowest BCUT2D eigenvalue weighted by atomic mass is 9.90. The zero-order chi connectivity index (χ0) is 20.8. The normalized spacial score (nSPS) is 10.5. The van der Waals surface area contributed by atoms with Crippen molar-refractivity contribution in [3.05, 3.63) is 34.4 Å². The molecular formula is C22H33N3O3. The van der Waals surface area contributed by atoms with Gasteiger partial charge in [0.25, 0.3) is 5.91 Å². The van der Waals surface area contributed by atoms with Crippen molar-refractivity contribution in [2.45, 2.75) is 84.0 Å². The summed E-state index contributed by atoms with van der Waals surface area (Å²) in [6.07, 6.45) is 11.5. The van der Waals surface area contributed by atoms with Gasteiger partial charge in [-0.3, -0.25) is 14.8 Å². The van der Waals surface area contributed by atoms with Crippen LogP contribution >= 0.6 is 0 Å². The molecule has 0 aliphatic rings. The first kappa shape index (κ1) is 23.6. The molecule has 4 N–H and O–H groups in total. The van der Waals surface area contributed by atoms with E-state index in [9.17, 15) is 14.9 Å². The lowest BCUT2D eigenvalue weighted by Gasteiger charge is -2.14. The summed E-state index contributed by atoms with van der Waals surface area (Å²) in [6, 6.07) is 5.66. The maximum Gasteiger partial charge on any atom is 0.274 e. The Bertz CT molecular complexity index is 680. The molecule has 2 amide bonds. The third-order valence-corrected chi connectivity index (χ3v) is 5.01. The summed E-state index contributed by atoms with van der Waals surface area (Å²) in [5.74, 6) is -1.06. The van der Waals surface area contributed by atoms with Crippen molar-refractivity contribution < 1.29 is 14.8 Å². The number of unbranched alkanes of at least 4 members (excludes halogenated alkanes) is 7. The van der Waals surface area contributed by atoms with Crippen molar-refractivity contribution in [3.8, 4) is 6.07 Å². The summed E-state index contributed by atoms with van der Waals surface area (Å²) in [5.41, 5.74) is 9.06. The van der Waals surface area contributed by atoms with Gasteiger partial charge in [0.15, 0.2) is 0 Å². The molecule has 1 aromatic carbocycles. The highest BCUT2D eigenvalue weighted by molar-refractivity contribution is 5.95. The van der Waals surface area contributed by atoms with Crippen LogP contribution in [0.4, 0.5) is 0 Å². The second-order valence-electron chi connectivity index (χ2n) is 7.22. The molecule has 0 unspecified atom stereocenters. The molecule has 6 nitrogen and oxygen atoms in total. The largest absolute Gasteiger partial charge is 0.370 e. The number of rotatable bonds is 14. The van der Waals surface area contributed by atoms with Gasteiger partial charge in [0.05, 0.1) is 11.6 Å². The van der Waals surface area contributed by atoms with E-state index in [1.165, 1.54) is 38.5 Å². The number of nitrogens with zero attached hydrogens (tertiary/aromatic N) is 1. The Morgan fingerprint density at radius 1 is 1.04 bits per heavy atom. The van der Waals surface area contributed by atoms with Crippen molar-refractivity contribution >= 4 is 11.8 Å². The Hall–Kier alpha value is -2.39. The minimum atomic E-state index is -0.649. The Balaban J connectivity index is 2.76. The minimum absolute atomic E-state index is 0.188. The first-order chi connectivity index (χ1) is 13.5. The number of amides is 2. The Kier molecular flexibility index (Phi) is 11.6. The second-order valence-corrected chi connectivity index (χ2v) is 7.22. The van der Waals surface area contributed by atoms with Gasteiger partial charge in [-0.05, 0) is 42.9 Å². The summed E-state index contributed by atoms with van der Waals surface area (Å²) in [4.78, 5) is 23.0. The second kappa shape index (κ2) is 13.7. The summed E-state index contributed by atoms with van der Waals surface area (Å²) < 4.78 is 0. The molecule has 0 saturated carbocycles. The zero-order valence-corrected chi connectivity index (χ0v) is 16.9. The van der Waals surface area contributed by atoms with Gasteiger partial charge in [-0.1, -0.05) is 57.9 Å². The van der Waals surface area contributed by atoms with Crippen molar-refractivity contribution in [2.24, 2.45) is 5.73 Å². The van der Waals surface area contributed by atoms with Gasteiger partial charge in [-0.15, -0.1) is 0 Å². The minimum Gasteiger partial charge on any atom is -0.370 e. The van der Waals surface area contributed by atoms with Crippen LogP contribution < -0.4 is 11.2 Å². The number of benzene rings is 1. The molecule has 0 radical (unpaired) electrons. The van der Waals surface area contributed by atoms with E-state index in [-0.39, 0.29) is 12.0 Å². The van der Waals surface area contributed by atoms with Crippen molar-refractivity contribution in [3.63, 3.8) is 0 Å². The van der Waals surface area contributed by atoms with Gasteiger partial charge < -0.3 is 5.73 Å². The Morgan fingerprint density at radius 2 is 1.68 bits per heavy atom. The summed E-state index contributed by atoms with van der Waals surface area (Å²) in [5, 5.41) is 18.7. The molecule has 0 aromatic heterocycles. The number of hydrogen-bond donors (Lipinski definition) is 3. The predicted octanol–water partition coefficient (Wildman–Crippen LogP) is 4.17. The van der Waals surface area contributed by atoms with Gasteiger partial charge in [0.1, 0.15) is 0 Å². The molecular weight excluding hydrogens is 354 g/mol. The molecule has 0 fully saturated rings. The number of hydrogen-bond acceptors (Lipinski definition) is 4. The zero-order valence-electron chi connectivity index (χ0n) is 16.9. The van der Waals surface area contributed by atoms with Crippen LogP contribution in [0.3, 0.4) is 0 Å². The number of carbonyl (C=O) groups excluding carboxylic acids is 2. The van der Waals surface area contributed by atoms with Crippen LogP contribution in [0, 0.1) is 11.3 Å². The summed E-state index contributed by atoms with van der Waals surface area (Å²) >= 11 is 0. The molecule has 154 valence electrons. The Labute approximate surface area is 168 Å². The highest BCUT2D eigenvalue weighted by Crippen LogP contribution is 2.23. The van der Waals surface area contributed by atoms with Crippen molar-refractivity contribution in [2.75, 3.05) is 0 Å². The summed E-state index contributed by atoms with van der Waals surface area (Å²) in [7, 11) is 0. The average Bonchev–Trinajstić information content (AvgIpc) is 2.69. The molecule has 0 spiro atoms. The van der Waals surface area contributed by atoms with Crippen LogP contribution in [0.15, 0.2) is 12.1 Å². The van der Waals surface area contributed by atoms with Gasteiger partial charge >= 0.3 is 0 Å². The first-order valence-corrected chi connectivity index (χ1v) is 10.3. The van der Waals surface area contributed by atoms with Crippen LogP contribution in [0.1, 0.15) is 98.2 Å². The van der Waals surface area contributed by atoms with Gasteiger partial charge in [0.2, 0.25) is 5.91 Å². The molecule has 6 heteroatoms. The molecule has 28 heavy (non-hydrogen) atoms. The van der Waals surface area contributed by atoms with E-state index in [0.29, 0.717) is 24.0 Å². The average molecular weight is 388 g/mol. The van der Waals surface area contributed by atoms with E-state index in [0.717, 1.165) is 24.8 Å². The highest BCUT2D eigenvalue weighted by Gasteiger charge is 2.18. The number of hydroxylamine groups is 1.